The zero-order valence-electron chi connectivity index (χ0n) is 21.2. The molecule has 186 valence electrons. The smallest absolute Gasteiger partial charge is 0.256 e. The fraction of sp³-hybridized carbons (Fsp3) is 0.414. The van der Waals surface area contributed by atoms with Gasteiger partial charge in [-0.1, -0.05) is 38.1 Å². The Hall–Kier alpha value is -3.12. The van der Waals surface area contributed by atoms with Crippen LogP contribution in [0.25, 0.3) is 0 Å². The van der Waals surface area contributed by atoms with Crippen molar-refractivity contribution >= 4 is 5.91 Å². The first-order valence-electron chi connectivity index (χ1n) is 12.4. The van der Waals surface area contributed by atoms with Gasteiger partial charge in [-0.2, -0.15) is 0 Å². The van der Waals surface area contributed by atoms with Crippen LogP contribution in [0.2, 0.25) is 0 Å². The van der Waals surface area contributed by atoms with Crippen LogP contribution in [-0.2, 0) is 13.6 Å². The number of amides is 1. The van der Waals surface area contributed by atoms with Gasteiger partial charge in [0.2, 0.25) is 0 Å². The van der Waals surface area contributed by atoms with Gasteiger partial charge in [0.15, 0.2) is 0 Å². The lowest BCUT2D eigenvalue weighted by atomic mass is 9.88. The second-order valence-electron chi connectivity index (χ2n) is 10.0. The van der Waals surface area contributed by atoms with Crippen LogP contribution in [0.3, 0.4) is 0 Å². The molecule has 35 heavy (non-hydrogen) atoms. The van der Waals surface area contributed by atoms with E-state index in [-0.39, 0.29) is 29.2 Å². The number of carbonyl (C=O) groups is 1. The second-order valence-corrected chi connectivity index (χ2v) is 10.0. The molecule has 0 bridgehead atoms. The third-order valence-corrected chi connectivity index (χ3v) is 6.93. The standard InChI is InChI=1S/C29H36FN3O2/c1-21(2)16-33(29(34)26-9-5-6-10-28(26)30)18-23-17-32(19-24-8-7-15-31(24)3)20-27(23)22-11-13-25(35-4)14-12-22/h5-15,21,23,27H,16-20H2,1-4H3. The number of carbonyl (C=O) groups excluding carboxylic acids is 1. The van der Waals surface area contributed by atoms with Crippen molar-refractivity contribution in [1.29, 1.82) is 0 Å². The van der Waals surface area contributed by atoms with Gasteiger partial charge in [0.05, 0.1) is 12.7 Å². The van der Waals surface area contributed by atoms with Gasteiger partial charge in [0, 0.05) is 57.6 Å². The molecule has 0 saturated carbocycles. The highest BCUT2D eigenvalue weighted by Gasteiger charge is 2.36. The van der Waals surface area contributed by atoms with Crippen molar-refractivity contribution in [2.75, 3.05) is 33.3 Å². The average Bonchev–Trinajstić information content (AvgIpc) is 3.44. The number of nitrogens with zero attached hydrogens (tertiary/aromatic N) is 3. The molecule has 1 fully saturated rings. The van der Waals surface area contributed by atoms with Gasteiger partial charge in [0.25, 0.3) is 5.91 Å². The van der Waals surface area contributed by atoms with Crippen molar-refractivity contribution in [3.63, 3.8) is 0 Å². The largest absolute Gasteiger partial charge is 0.497 e. The summed E-state index contributed by atoms with van der Waals surface area (Å²) >= 11 is 0. The van der Waals surface area contributed by atoms with Crippen molar-refractivity contribution in [2.45, 2.75) is 26.3 Å². The maximum Gasteiger partial charge on any atom is 0.256 e. The van der Waals surface area contributed by atoms with E-state index < -0.39 is 5.82 Å². The molecule has 1 aliphatic rings. The van der Waals surface area contributed by atoms with Crippen molar-refractivity contribution < 1.29 is 13.9 Å². The lowest BCUT2D eigenvalue weighted by molar-refractivity contribution is 0.0698. The first kappa shape index (κ1) is 25.0. The predicted octanol–water partition coefficient (Wildman–Crippen LogP) is 5.19. The molecule has 1 amide bonds. The molecule has 4 rings (SSSR count). The lowest BCUT2D eigenvalue weighted by Crippen LogP contribution is -2.40. The summed E-state index contributed by atoms with van der Waals surface area (Å²) < 4.78 is 22.0. The van der Waals surface area contributed by atoms with E-state index in [1.54, 1.807) is 25.3 Å². The SMILES string of the molecule is COc1ccc(C2CN(Cc3cccn3C)CC2CN(CC(C)C)C(=O)c2ccccc2F)cc1. The van der Waals surface area contributed by atoms with Gasteiger partial charge in [-0.15, -0.1) is 0 Å². The number of benzene rings is 2. The summed E-state index contributed by atoms with van der Waals surface area (Å²) in [5.41, 5.74) is 2.65. The zero-order valence-corrected chi connectivity index (χ0v) is 21.2. The zero-order chi connectivity index (χ0) is 24.9. The number of aromatic nitrogens is 1. The van der Waals surface area contributed by atoms with Gasteiger partial charge in [0.1, 0.15) is 11.6 Å². The monoisotopic (exact) mass is 477 g/mol. The fourth-order valence-corrected chi connectivity index (χ4v) is 5.16. The molecule has 1 saturated heterocycles. The van der Waals surface area contributed by atoms with E-state index in [9.17, 15) is 9.18 Å². The number of methoxy groups -OCH3 is 1. The number of hydrogen-bond acceptors (Lipinski definition) is 3. The summed E-state index contributed by atoms with van der Waals surface area (Å²) in [4.78, 5) is 17.8. The highest BCUT2D eigenvalue weighted by Crippen LogP contribution is 2.35. The van der Waals surface area contributed by atoms with E-state index in [2.05, 4.69) is 60.8 Å². The Labute approximate surface area is 208 Å². The highest BCUT2D eigenvalue weighted by atomic mass is 19.1. The van der Waals surface area contributed by atoms with Gasteiger partial charge in [-0.25, -0.2) is 4.39 Å². The second kappa shape index (κ2) is 11.1. The van der Waals surface area contributed by atoms with Crippen LogP contribution in [0.15, 0.2) is 66.9 Å². The third-order valence-electron chi connectivity index (χ3n) is 6.93. The van der Waals surface area contributed by atoms with E-state index >= 15 is 0 Å². The third kappa shape index (κ3) is 5.93. The number of hydrogen-bond donors (Lipinski definition) is 0. The van der Waals surface area contributed by atoms with Gasteiger partial charge < -0.3 is 14.2 Å². The van der Waals surface area contributed by atoms with Crippen LogP contribution in [0.1, 0.15) is 41.4 Å². The van der Waals surface area contributed by atoms with E-state index in [4.69, 9.17) is 4.74 Å². The number of likely N-dealkylation sites (tertiary alicyclic amines) is 1. The summed E-state index contributed by atoms with van der Waals surface area (Å²) in [5.74, 6) is 0.925. The number of aryl methyl sites for hydroxylation is 1. The summed E-state index contributed by atoms with van der Waals surface area (Å²) in [7, 11) is 3.74. The molecule has 1 aromatic heterocycles. The highest BCUT2D eigenvalue weighted by molar-refractivity contribution is 5.94. The topological polar surface area (TPSA) is 37.7 Å². The van der Waals surface area contributed by atoms with E-state index in [0.717, 1.165) is 25.4 Å². The molecule has 0 radical (unpaired) electrons. The first-order chi connectivity index (χ1) is 16.9. The molecular weight excluding hydrogens is 441 g/mol. The van der Waals surface area contributed by atoms with Crippen molar-refractivity contribution in [2.24, 2.45) is 18.9 Å². The fourth-order valence-electron chi connectivity index (χ4n) is 5.16. The Kier molecular flexibility index (Phi) is 7.91. The maximum atomic E-state index is 14.5. The molecule has 2 unspecified atom stereocenters. The molecule has 2 heterocycles. The van der Waals surface area contributed by atoms with E-state index in [1.165, 1.54) is 17.3 Å². The molecule has 6 heteroatoms. The van der Waals surface area contributed by atoms with Crippen molar-refractivity contribution in [1.82, 2.24) is 14.4 Å². The van der Waals surface area contributed by atoms with Gasteiger partial charge >= 0.3 is 0 Å². The van der Waals surface area contributed by atoms with E-state index in [0.29, 0.717) is 13.1 Å². The molecule has 2 atom stereocenters. The van der Waals surface area contributed by atoms with Crippen LogP contribution in [0, 0.1) is 17.7 Å². The summed E-state index contributed by atoms with van der Waals surface area (Å²) in [5, 5.41) is 0. The Bertz CT molecular complexity index is 1120. The summed E-state index contributed by atoms with van der Waals surface area (Å²) in [6, 6.07) is 18.8. The first-order valence-corrected chi connectivity index (χ1v) is 12.4. The van der Waals surface area contributed by atoms with Gasteiger partial charge in [-0.3, -0.25) is 9.69 Å². The summed E-state index contributed by atoms with van der Waals surface area (Å²) in [6.07, 6.45) is 2.07. The Morgan fingerprint density at radius 2 is 1.83 bits per heavy atom. The van der Waals surface area contributed by atoms with Gasteiger partial charge in [-0.05, 0) is 53.8 Å². The maximum absolute atomic E-state index is 14.5. The molecule has 5 nitrogen and oxygen atoms in total. The van der Waals surface area contributed by atoms with Crippen LogP contribution < -0.4 is 4.74 Å². The molecule has 1 aliphatic heterocycles. The average molecular weight is 478 g/mol. The number of ether oxygens (including phenoxy) is 1. The lowest BCUT2D eigenvalue weighted by Gasteiger charge is -2.30. The Morgan fingerprint density at radius 1 is 1.09 bits per heavy atom. The van der Waals surface area contributed by atoms with Crippen LogP contribution >= 0.6 is 0 Å². The van der Waals surface area contributed by atoms with Crippen molar-refractivity contribution in [3.05, 3.63) is 89.5 Å². The van der Waals surface area contributed by atoms with Crippen molar-refractivity contribution in [3.8, 4) is 5.75 Å². The Balaban J connectivity index is 1.60. The summed E-state index contributed by atoms with van der Waals surface area (Å²) in [6.45, 7) is 8.02. The van der Waals surface area contributed by atoms with Crippen LogP contribution in [0.4, 0.5) is 4.39 Å². The predicted molar refractivity (Wildman–Crippen MR) is 137 cm³/mol. The molecule has 0 spiro atoms. The van der Waals surface area contributed by atoms with E-state index in [1.807, 2.05) is 17.0 Å². The Morgan fingerprint density at radius 3 is 2.46 bits per heavy atom. The minimum atomic E-state index is -0.463. The number of halogens is 1. The minimum absolute atomic E-state index is 0.146. The molecule has 3 aromatic rings. The van der Waals surface area contributed by atoms with Crippen LogP contribution in [0.5, 0.6) is 5.75 Å². The molecule has 0 aliphatic carbocycles. The minimum Gasteiger partial charge on any atom is -0.497 e. The molecule has 0 N–H and O–H groups in total. The normalized spacial score (nSPS) is 18.2. The molecular formula is C29H36FN3O2. The number of rotatable bonds is 9. The quantitative estimate of drug-likeness (QED) is 0.426. The molecule has 2 aromatic carbocycles. The van der Waals surface area contributed by atoms with Crippen LogP contribution in [-0.4, -0.2) is 53.6 Å².